The maximum Gasteiger partial charge on any atom is 0.251 e. The van der Waals surface area contributed by atoms with E-state index < -0.39 is 0 Å². The van der Waals surface area contributed by atoms with E-state index in [4.69, 9.17) is 4.74 Å². The molecule has 2 amide bonds. The Kier molecular flexibility index (Phi) is 7.42. The van der Waals surface area contributed by atoms with E-state index in [1.165, 1.54) is 6.42 Å². The Morgan fingerprint density at radius 3 is 2.50 bits per heavy atom. The Morgan fingerprint density at radius 2 is 1.82 bits per heavy atom. The number of hydrogen-bond acceptors (Lipinski definition) is 5. The van der Waals surface area contributed by atoms with Gasteiger partial charge in [-0.2, -0.15) is 0 Å². The van der Waals surface area contributed by atoms with Gasteiger partial charge in [-0.3, -0.25) is 9.59 Å². The molecular weight excluding hydrogens is 374 g/mol. The number of aryl methyl sites for hydroxylation is 1. The fourth-order valence-electron chi connectivity index (χ4n) is 3.31. The quantitative estimate of drug-likeness (QED) is 0.664. The lowest BCUT2D eigenvalue weighted by Crippen LogP contribution is -2.38. The summed E-state index contributed by atoms with van der Waals surface area (Å²) in [4.78, 5) is 28.6. The minimum absolute atomic E-state index is 0.116. The minimum Gasteiger partial charge on any atom is -0.487 e. The van der Waals surface area contributed by atoms with Crippen LogP contribution in [0.4, 0.5) is 0 Å². The topological polar surface area (TPSA) is 80.3 Å². The number of hydrogen-bond donors (Lipinski definition) is 2. The third kappa shape index (κ3) is 6.05. The standard InChI is InChI=1S/C21H27N3O3S/c1-15-24-18(14-28-15)13-27-19-9-7-17(8-10-19)21(26)23-12-11-22-20(25)16-5-3-2-4-6-16/h7-10,14,16H,2-6,11-13H2,1H3,(H,22,25)(H,23,26). The van der Waals surface area contributed by atoms with Crippen LogP contribution in [0.3, 0.4) is 0 Å². The number of rotatable bonds is 8. The van der Waals surface area contributed by atoms with Gasteiger partial charge in [0, 0.05) is 30.0 Å². The lowest BCUT2D eigenvalue weighted by atomic mass is 9.89. The monoisotopic (exact) mass is 401 g/mol. The molecule has 0 unspecified atom stereocenters. The highest BCUT2D eigenvalue weighted by molar-refractivity contribution is 7.09. The van der Waals surface area contributed by atoms with Crippen LogP contribution >= 0.6 is 11.3 Å². The Morgan fingerprint density at radius 1 is 1.11 bits per heavy atom. The first-order chi connectivity index (χ1) is 13.6. The Hall–Kier alpha value is -2.41. The molecule has 0 saturated heterocycles. The third-order valence-corrected chi connectivity index (χ3v) is 5.68. The average molecular weight is 402 g/mol. The highest BCUT2D eigenvalue weighted by Crippen LogP contribution is 2.23. The van der Waals surface area contributed by atoms with Gasteiger partial charge < -0.3 is 15.4 Å². The molecule has 1 aliphatic carbocycles. The van der Waals surface area contributed by atoms with Crippen LogP contribution in [0.25, 0.3) is 0 Å². The van der Waals surface area contributed by atoms with Gasteiger partial charge >= 0.3 is 0 Å². The van der Waals surface area contributed by atoms with Gasteiger partial charge in [-0.15, -0.1) is 11.3 Å². The molecule has 1 aliphatic rings. The molecule has 2 aromatic rings. The highest BCUT2D eigenvalue weighted by atomic mass is 32.1. The lowest BCUT2D eigenvalue weighted by Gasteiger charge is -2.20. The maximum absolute atomic E-state index is 12.2. The number of aromatic nitrogens is 1. The molecule has 1 fully saturated rings. The van der Waals surface area contributed by atoms with E-state index in [2.05, 4.69) is 15.6 Å². The number of carbonyl (C=O) groups is 2. The van der Waals surface area contributed by atoms with E-state index in [-0.39, 0.29) is 17.7 Å². The van der Waals surface area contributed by atoms with Crippen LogP contribution in [0, 0.1) is 12.8 Å². The predicted octanol–water partition coefficient (Wildman–Crippen LogP) is 3.46. The molecule has 1 aromatic carbocycles. The number of carbonyl (C=O) groups excluding carboxylic acids is 2. The van der Waals surface area contributed by atoms with Crippen LogP contribution in [-0.4, -0.2) is 29.9 Å². The molecule has 1 saturated carbocycles. The summed E-state index contributed by atoms with van der Waals surface area (Å²) in [5, 5.41) is 8.75. The molecule has 0 aliphatic heterocycles. The summed E-state index contributed by atoms with van der Waals surface area (Å²) >= 11 is 1.59. The molecule has 150 valence electrons. The van der Waals surface area contributed by atoms with Crippen molar-refractivity contribution in [2.45, 2.75) is 45.6 Å². The normalized spacial score (nSPS) is 14.5. The van der Waals surface area contributed by atoms with Gasteiger partial charge in [0.2, 0.25) is 5.91 Å². The number of thiazole rings is 1. The van der Waals surface area contributed by atoms with Crippen LogP contribution in [0.1, 0.15) is 53.2 Å². The fourth-order valence-corrected chi connectivity index (χ4v) is 3.90. The van der Waals surface area contributed by atoms with E-state index >= 15 is 0 Å². The molecule has 0 spiro atoms. The summed E-state index contributed by atoms with van der Waals surface area (Å²) in [7, 11) is 0. The molecule has 6 nitrogen and oxygen atoms in total. The fraction of sp³-hybridized carbons (Fsp3) is 0.476. The zero-order chi connectivity index (χ0) is 19.8. The zero-order valence-electron chi connectivity index (χ0n) is 16.2. The molecule has 28 heavy (non-hydrogen) atoms. The van der Waals surface area contributed by atoms with E-state index in [0.29, 0.717) is 31.0 Å². The summed E-state index contributed by atoms with van der Waals surface area (Å²) in [6.07, 6.45) is 5.47. The number of benzene rings is 1. The first kappa shape index (κ1) is 20.3. The van der Waals surface area contributed by atoms with Crippen molar-refractivity contribution in [1.29, 1.82) is 0 Å². The number of nitrogens with one attached hydrogen (secondary N) is 2. The summed E-state index contributed by atoms with van der Waals surface area (Å²) in [5.74, 6) is 0.798. The van der Waals surface area contributed by atoms with Crippen LogP contribution in [0.2, 0.25) is 0 Å². The van der Waals surface area contributed by atoms with Crippen molar-refractivity contribution in [3.8, 4) is 5.75 Å². The van der Waals surface area contributed by atoms with Gasteiger partial charge in [0.15, 0.2) is 0 Å². The second kappa shape index (κ2) is 10.2. The molecule has 1 aromatic heterocycles. The van der Waals surface area contributed by atoms with Crippen molar-refractivity contribution in [2.24, 2.45) is 5.92 Å². The summed E-state index contributed by atoms with van der Waals surface area (Å²) in [6, 6.07) is 7.02. The zero-order valence-corrected chi connectivity index (χ0v) is 17.0. The van der Waals surface area contributed by atoms with Crippen LogP contribution in [-0.2, 0) is 11.4 Å². The molecule has 0 atom stereocenters. The van der Waals surface area contributed by atoms with Gasteiger partial charge in [0.05, 0.1) is 10.7 Å². The number of ether oxygens (including phenoxy) is 1. The Bertz CT molecular complexity index is 782. The van der Waals surface area contributed by atoms with E-state index in [0.717, 1.165) is 36.4 Å². The summed E-state index contributed by atoms with van der Waals surface area (Å²) in [5.41, 5.74) is 1.47. The summed E-state index contributed by atoms with van der Waals surface area (Å²) < 4.78 is 5.69. The first-order valence-corrected chi connectivity index (χ1v) is 10.7. The summed E-state index contributed by atoms with van der Waals surface area (Å²) in [6.45, 7) is 3.24. The van der Waals surface area contributed by atoms with E-state index in [1.54, 1.807) is 35.6 Å². The van der Waals surface area contributed by atoms with Crippen molar-refractivity contribution in [1.82, 2.24) is 15.6 Å². The first-order valence-electron chi connectivity index (χ1n) is 9.81. The molecule has 2 N–H and O–H groups in total. The third-order valence-electron chi connectivity index (χ3n) is 4.86. The number of nitrogens with zero attached hydrogens (tertiary/aromatic N) is 1. The van der Waals surface area contributed by atoms with Gasteiger partial charge in [0.1, 0.15) is 12.4 Å². The highest BCUT2D eigenvalue weighted by Gasteiger charge is 2.20. The van der Waals surface area contributed by atoms with Crippen molar-refractivity contribution in [3.63, 3.8) is 0 Å². The van der Waals surface area contributed by atoms with Gasteiger partial charge in [0.25, 0.3) is 5.91 Å². The lowest BCUT2D eigenvalue weighted by molar-refractivity contribution is -0.125. The minimum atomic E-state index is -0.159. The predicted molar refractivity (Wildman–Crippen MR) is 110 cm³/mol. The van der Waals surface area contributed by atoms with Gasteiger partial charge in [-0.1, -0.05) is 19.3 Å². The Balaban J connectivity index is 1.36. The molecular formula is C21H27N3O3S. The van der Waals surface area contributed by atoms with E-state index in [9.17, 15) is 9.59 Å². The molecule has 0 bridgehead atoms. The molecule has 7 heteroatoms. The van der Waals surface area contributed by atoms with Crippen molar-refractivity contribution in [2.75, 3.05) is 13.1 Å². The average Bonchev–Trinajstić information content (AvgIpc) is 3.15. The van der Waals surface area contributed by atoms with Gasteiger partial charge in [-0.05, 0) is 44.0 Å². The number of amides is 2. The van der Waals surface area contributed by atoms with Crippen molar-refractivity contribution >= 4 is 23.2 Å². The maximum atomic E-state index is 12.2. The molecule has 0 radical (unpaired) electrons. The SMILES string of the molecule is Cc1nc(COc2ccc(C(=O)NCCNC(=O)C3CCCCC3)cc2)cs1. The second-order valence-electron chi connectivity index (χ2n) is 7.05. The van der Waals surface area contributed by atoms with Crippen LogP contribution < -0.4 is 15.4 Å². The largest absolute Gasteiger partial charge is 0.487 e. The van der Waals surface area contributed by atoms with Crippen molar-refractivity contribution in [3.05, 3.63) is 45.9 Å². The molecule has 1 heterocycles. The molecule has 3 rings (SSSR count). The van der Waals surface area contributed by atoms with E-state index in [1.807, 2.05) is 12.3 Å². The van der Waals surface area contributed by atoms with Crippen LogP contribution in [0.5, 0.6) is 5.75 Å². The van der Waals surface area contributed by atoms with Gasteiger partial charge in [-0.25, -0.2) is 4.98 Å². The smallest absolute Gasteiger partial charge is 0.251 e. The van der Waals surface area contributed by atoms with Crippen molar-refractivity contribution < 1.29 is 14.3 Å². The Labute approximate surface area is 169 Å². The second-order valence-corrected chi connectivity index (χ2v) is 8.12. The van der Waals surface area contributed by atoms with Crippen LogP contribution in [0.15, 0.2) is 29.6 Å².